The molecule has 0 aliphatic carbocycles. The van der Waals surface area contributed by atoms with Gasteiger partial charge in [0, 0.05) is 16.3 Å². The molecule has 1 aliphatic rings. The lowest BCUT2D eigenvalue weighted by molar-refractivity contribution is 0.570. The number of aryl methyl sites for hydroxylation is 2. The Balaban J connectivity index is 1.92. The Bertz CT molecular complexity index is 849. The molecule has 2 heterocycles. The monoisotopic (exact) mass is 309 g/mol. The minimum Gasteiger partial charge on any atom is -0.359 e. The summed E-state index contributed by atoms with van der Waals surface area (Å²) in [5, 5.41) is 9.05. The lowest BCUT2D eigenvalue weighted by Crippen LogP contribution is -2.26. The third kappa shape index (κ3) is 2.01. The van der Waals surface area contributed by atoms with E-state index in [9.17, 15) is 0 Å². The van der Waals surface area contributed by atoms with Crippen molar-refractivity contribution in [2.75, 3.05) is 5.32 Å². The van der Waals surface area contributed by atoms with E-state index in [1.165, 1.54) is 16.8 Å². The van der Waals surface area contributed by atoms with Crippen LogP contribution in [0.4, 0.5) is 5.69 Å². The first kappa shape index (κ1) is 13.4. The van der Waals surface area contributed by atoms with Crippen LogP contribution in [0.25, 0.3) is 11.3 Å². The van der Waals surface area contributed by atoms with Gasteiger partial charge in [-0.15, -0.1) is 0 Å². The highest BCUT2D eigenvalue weighted by molar-refractivity contribution is 6.30. The minimum atomic E-state index is -0.0189. The maximum atomic E-state index is 6.02. The summed E-state index contributed by atoms with van der Waals surface area (Å²) < 4.78 is 2.06. The Morgan fingerprint density at radius 1 is 1.09 bits per heavy atom. The fourth-order valence-corrected chi connectivity index (χ4v) is 3.18. The highest BCUT2D eigenvalue weighted by Crippen LogP contribution is 2.40. The molecule has 0 saturated heterocycles. The van der Waals surface area contributed by atoms with Crippen molar-refractivity contribution < 1.29 is 0 Å². The van der Waals surface area contributed by atoms with Crippen molar-refractivity contribution >= 4 is 17.3 Å². The summed E-state index contributed by atoms with van der Waals surface area (Å²) in [6.45, 7) is 4.16. The number of nitrogens with one attached hydrogen (secondary N) is 1. The van der Waals surface area contributed by atoms with Gasteiger partial charge in [-0.1, -0.05) is 41.9 Å². The molecule has 1 aliphatic heterocycles. The number of nitrogens with zero attached hydrogens (tertiary/aromatic N) is 2. The van der Waals surface area contributed by atoms with Gasteiger partial charge in [-0.05, 0) is 43.2 Å². The van der Waals surface area contributed by atoms with Gasteiger partial charge in [0.05, 0.1) is 11.4 Å². The third-order valence-corrected chi connectivity index (χ3v) is 4.37. The highest BCUT2D eigenvalue weighted by atomic mass is 35.5. The van der Waals surface area contributed by atoms with Crippen molar-refractivity contribution in [1.29, 1.82) is 0 Å². The Morgan fingerprint density at radius 2 is 1.86 bits per heavy atom. The van der Waals surface area contributed by atoms with Gasteiger partial charge < -0.3 is 5.32 Å². The SMILES string of the molecule is Cc1cc2n(n1)[C@@H](c1ccc(Cl)cc1)Nc1c(C)cccc1-2. The normalized spacial score (nSPS) is 15.9. The molecule has 110 valence electrons. The first-order valence-electron chi connectivity index (χ1n) is 7.31. The molecule has 1 N–H and O–H groups in total. The smallest absolute Gasteiger partial charge is 0.147 e. The van der Waals surface area contributed by atoms with Crippen LogP contribution in [0.5, 0.6) is 0 Å². The zero-order valence-electron chi connectivity index (χ0n) is 12.5. The summed E-state index contributed by atoms with van der Waals surface area (Å²) in [4.78, 5) is 0. The molecule has 0 bridgehead atoms. The lowest BCUT2D eigenvalue weighted by Gasteiger charge is -2.30. The Kier molecular flexibility index (Phi) is 2.98. The van der Waals surface area contributed by atoms with Crippen LogP contribution >= 0.6 is 11.6 Å². The predicted molar refractivity (Wildman–Crippen MR) is 90.4 cm³/mol. The van der Waals surface area contributed by atoms with Crippen LogP contribution in [-0.2, 0) is 0 Å². The minimum absolute atomic E-state index is 0.0189. The maximum Gasteiger partial charge on any atom is 0.147 e. The van der Waals surface area contributed by atoms with Crippen LogP contribution in [-0.4, -0.2) is 9.78 Å². The molecule has 3 nitrogen and oxygen atoms in total. The van der Waals surface area contributed by atoms with E-state index in [1.54, 1.807) is 0 Å². The molecule has 0 unspecified atom stereocenters. The van der Waals surface area contributed by atoms with E-state index in [-0.39, 0.29) is 6.17 Å². The molecule has 1 atom stereocenters. The number of hydrogen-bond acceptors (Lipinski definition) is 2. The zero-order valence-corrected chi connectivity index (χ0v) is 13.2. The lowest BCUT2D eigenvalue weighted by atomic mass is 10.0. The van der Waals surface area contributed by atoms with Gasteiger partial charge in [0.2, 0.25) is 0 Å². The van der Waals surface area contributed by atoms with Gasteiger partial charge in [0.15, 0.2) is 0 Å². The first-order valence-corrected chi connectivity index (χ1v) is 7.69. The number of halogens is 1. The number of rotatable bonds is 1. The van der Waals surface area contributed by atoms with Gasteiger partial charge in [-0.3, -0.25) is 0 Å². The van der Waals surface area contributed by atoms with E-state index in [0.717, 1.165) is 22.0 Å². The fraction of sp³-hybridized carbons (Fsp3) is 0.167. The number of para-hydroxylation sites is 1. The number of aromatic nitrogens is 2. The number of hydrogen-bond donors (Lipinski definition) is 1. The molecule has 1 aromatic heterocycles. The van der Waals surface area contributed by atoms with Gasteiger partial charge in [0.25, 0.3) is 0 Å². The average molecular weight is 310 g/mol. The molecule has 0 spiro atoms. The number of fused-ring (bicyclic) bond motifs is 3. The number of benzene rings is 2. The Labute approximate surface area is 134 Å². The van der Waals surface area contributed by atoms with Crippen LogP contribution < -0.4 is 5.32 Å². The Hall–Kier alpha value is -2.26. The van der Waals surface area contributed by atoms with Crippen LogP contribution in [0.1, 0.15) is 23.0 Å². The van der Waals surface area contributed by atoms with Crippen molar-refractivity contribution in [2.24, 2.45) is 0 Å². The molecule has 0 saturated carbocycles. The predicted octanol–water partition coefficient (Wildman–Crippen LogP) is 4.79. The zero-order chi connectivity index (χ0) is 15.3. The topological polar surface area (TPSA) is 29.9 Å². The summed E-state index contributed by atoms with van der Waals surface area (Å²) in [6, 6.07) is 16.4. The highest BCUT2D eigenvalue weighted by Gasteiger charge is 2.27. The van der Waals surface area contributed by atoms with Crippen LogP contribution in [0.2, 0.25) is 5.02 Å². The van der Waals surface area contributed by atoms with E-state index in [0.29, 0.717) is 0 Å². The van der Waals surface area contributed by atoms with Crippen molar-refractivity contribution in [3.05, 3.63) is 70.4 Å². The van der Waals surface area contributed by atoms with Crippen LogP contribution in [0.15, 0.2) is 48.5 Å². The summed E-state index contributed by atoms with van der Waals surface area (Å²) in [7, 11) is 0. The molecule has 0 radical (unpaired) electrons. The second kappa shape index (κ2) is 4.89. The van der Waals surface area contributed by atoms with E-state index in [2.05, 4.69) is 46.3 Å². The standard InChI is InChI=1S/C18H16ClN3/c1-11-4-3-5-15-16-10-12(2)21-22(16)18(20-17(11)15)13-6-8-14(19)9-7-13/h3-10,18,20H,1-2H3/t18-/m0/s1. The first-order chi connectivity index (χ1) is 10.6. The maximum absolute atomic E-state index is 6.02. The van der Waals surface area contributed by atoms with Gasteiger partial charge in [-0.2, -0.15) is 5.10 Å². The van der Waals surface area contributed by atoms with E-state index in [1.807, 2.05) is 31.2 Å². The van der Waals surface area contributed by atoms with Crippen molar-refractivity contribution in [3.63, 3.8) is 0 Å². The number of anilines is 1. The van der Waals surface area contributed by atoms with Gasteiger partial charge in [0.1, 0.15) is 6.17 Å². The van der Waals surface area contributed by atoms with Crippen LogP contribution in [0.3, 0.4) is 0 Å². The molecule has 4 rings (SSSR count). The van der Waals surface area contributed by atoms with Crippen LogP contribution in [0, 0.1) is 13.8 Å². The van der Waals surface area contributed by atoms with E-state index in [4.69, 9.17) is 11.6 Å². The quantitative estimate of drug-likeness (QED) is 0.700. The molecule has 2 aromatic carbocycles. The van der Waals surface area contributed by atoms with Crippen molar-refractivity contribution in [1.82, 2.24) is 9.78 Å². The van der Waals surface area contributed by atoms with E-state index >= 15 is 0 Å². The largest absolute Gasteiger partial charge is 0.359 e. The Morgan fingerprint density at radius 3 is 2.64 bits per heavy atom. The van der Waals surface area contributed by atoms with Gasteiger partial charge >= 0.3 is 0 Å². The fourth-order valence-electron chi connectivity index (χ4n) is 3.05. The molecule has 3 aromatic rings. The summed E-state index contributed by atoms with van der Waals surface area (Å²) in [6.07, 6.45) is -0.0189. The second-order valence-corrected chi connectivity index (χ2v) is 6.15. The molecule has 0 amide bonds. The second-order valence-electron chi connectivity index (χ2n) is 5.71. The van der Waals surface area contributed by atoms with Crippen molar-refractivity contribution in [3.8, 4) is 11.3 Å². The molecule has 4 heteroatoms. The summed E-state index contributed by atoms with van der Waals surface area (Å²) >= 11 is 6.02. The molecular weight excluding hydrogens is 294 g/mol. The van der Waals surface area contributed by atoms with Crippen molar-refractivity contribution in [2.45, 2.75) is 20.0 Å². The molecule has 0 fully saturated rings. The molecule has 22 heavy (non-hydrogen) atoms. The molecular formula is C18H16ClN3. The average Bonchev–Trinajstić information content (AvgIpc) is 2.90. The summed E-state index contributed by atoms with van der Waals surface area (Å²) in [5.74, 6) is 0. The van der Waals surface area contributed by atoms with Gasteiger partial charge in [-0.25, -0.2) is 4.68 Å². The third-order valence-electron chi connectivity index (χ3n) is 4.12. The summed E-state index contributed by atoms with van der Waals surface area (Å²) in [5.41, 5.74) is 6.92. The van der Waals surface area contributed by atoms with E-state index < -0.39 is 0 Å².